The molecule has 2 aromatic rings. The minimum Gasteiger partial charge on any atom is -0.479 e. The number of hydrogen-bond donors (Lipinski definition) is 5. The minimum absolute atomic E-state index is 0.249. The van der Waals surface area contributed by atoms with Gasteiger partial charge in [0, 0.05) is 32.1 Å². The van der Waals surface area contributed by atoms with Gasteiger partial charge in [-0.1, -0.05) is 60.7 Å². The smallest absolute Gasteiger partial charge is 0.335 e. The van der Waals surface area contributed by atoms with E-state index in [9.17, 15) is 9.59 Å². The summed E-state index contributed by atoms with van der Waals surface area (Å²) in [5, 5.41) is 44.4. The monoisotopic (exact) mass is 572 g/mol. The predicted octanol–water partition coefficient (Wildman–Crippen LogP) is 0.0442. The SMILES string of the molecule is CCN1C[C@H](CCN2CCOCC2)C(c2ccccc2)(c2ccccc2)C1=O.O=C(O)[C@H]1O[C@@H](O)[C@H](O)[C@@H](O)[C@@H]1O. The van der Waals surface area contributed by atoms with Gasteiger partial charge in [-0.15, -0.1) is 0 Å². The Bertz CT molecular complexity index is 1090. The molecular formula is C30H40N2O9. The molecule has 0 bridgehead atoms. The van der Waals surface area contributed by atoms with E-state index in [0.717, 1.165) is 63.5 Å². The maximum atomic E-state index is 13.8. The zero-order valence-electron chi connectivity index (χ0n) is 23.2. The van der Waals surface area contributed by atoms with E-state index in [2.05, 4.69) is 65.1 Å². The van der Waals surface area contributed by atoms with Crippen molar-refractivity contribution in [3.05, 3.63) is 71.8 Å². The third kappa shape index (κ3) is 6.46. The molecule has 3 aliphatic rings. The Morgan fingerprint density at radius 1 is 0.902 bits per heavy atom. The molecule has 2 aromatic carbocycles. The molecule has 3 heterocycles. The number of hydrogen-bond acceptors (Lipinski definition) is 9. The molecule has 1 amide bonds. The first-order chi connectivity index (χ1) is 19.7. The first-order valence-electron chi connectivity index (χ1n) is 14.0. The summed E-state index contributed by atoms with van der Waals surface area (Å²) in [5.41, 5.74) is 1.65. The normalized spacial score (nSPS) is 30.0. The van der Waals surface area contributed by atoms with Crippen LogP contribution >= 0.6 is 0 Å². The van der Waals surface area contributed by atoms with Crippen molar-refractivity contribution in [2.75, 3.05) is 45.9 Å². The number of rotatable bonds is 7. The number of carboxylic acids is 1. The summed E-state index contributed by atoms with van der Waals surface area (Å²) in [5.74, 6) is -1.01. The van der Waals surface area contributed by atoms with Crippen LogP contribution in [0.5, 0.6) is 0 Å². The van der Waals surface area contributed by atoms with Crippen LogP contribution in [-0.2, 0) is 24.5 Å². The average molecular weight is 573 g/mol. The number of aliphatic hydroxyl groups is 4. The maximum Gasteiger partial charge on any atom is 0.335 e. The van der Waals surface area contributed by atoms with Gasteiger partial charge in [0.05, 0.1) is 13.2 Å². The number of likely N-dealkylation sites (tertiary alicyclic amines) is 1. The van der Waals surface area contributed by atoms with E-state index >= 15 is 0 Å². The lowest BCUT2D eigenvalue weighted by Crippen LogP contribution is -2.59. The quantitative estimate of drug-likeness (QED) is 0.307. The Labute approximate surface area is 239 Å². The molecule has 5 N–H and O–H groups in total. The molecular weight excluding hydrogens is 532 g/mol. The Kier molecular flexibility index (Phi) is 10.5. The fourth-order valence-electron chi connectivity index (χ4n) is 6.01. The van der Waals surface area contributed by atoms with E-state index in [1.165, 1.54) is 0 Å². The number of ether oxygens (including phenoxy) is 2. The van der Waals surface area contributed by atoms with E-state index < -0.39 is 42.1 Å². The van der Waals surface area contributed by atoms with Crippen molar-refractivity contribution in [3.8, 4) is 0 Å². The lowest BCUT2D eigenvalue weighted by Gasteiger charge is -2.36. The van der Waals surface area contributed by atoms with Crippen molar-refractivity contribution >= 4 is 11.9 Å². The van der Waals surface area contributed by atoms with Gasteiger partial charge in [-0.05, 0) is 31.0 Å². The number of amides is 1. The predicted molar refractivity (Wildman–Crippen MR) is 148 cm³/mol. The molecule has 6 atom stereocenters. The molecule has 3 fully saturated rings. The van der Waals surface area contributed by atoms with E-state index in [0.29, 0.717) is 0 Å². The van der Waals surface area contributed by atoms with Gasteiger partial charge in [0.2, 0.25) is 5.91 Å². The third-order valence-corrected chi connectivity index (χ3v) is 8.25. The van der Waals surface area contributed by atoms with E-state index in [-0.39, 0.29) is 11.8 Å². The van der Waals surface area contributed by atoms with Crippen molar-refractivity contribution in [2.24, 2.45) is 5.92 Å². The third-order valence-electron chi connectivity index (χ3n) is 8.25. The second-order valence-electron chi connectivity index (χ2n) is 10.6. The summed E-state index contributed by atoms with van der Waals surface area (Å²) in [4.78, 5) is 28.7. The van der Waals surface area contributed by atoms with Crippen LogP contribution in [-0.4, -0.2) is 124 Å². The molecule has 41 heavy (non-hydrogen) atoms. The van der Waals surface area contributed by atoms with Crippen molar-refractivity contribution in [1.82, 2.24) is 9.80 Å². The molecule has 3 saturated heterocycles. The summed E-state index contributed by atoms with van der Waals surface area (Å²) in [6.45, 7) is 8.28. The highest BCUT2D eigenvalue weighted by Gasteiger charge is 2.55. The van der Waals surface area contributed by atoms with Crippen molar-refractivity contribution in [2.45, 2.75) is 49.5 Å². The van der Waals surface area contributed by atoms with Gasteiger partial charge >= 0.3 is 5.97 Å². The van der Waals surface area contributed by atoms with Crippen LogP contribution in [0.2, 0.25) is 0 Å². The highest BCUT2D eigenvalue weighted by atomic mass is 16.6. The highest BCUT2D eigenvalue weighted by Crippen LogP contribution is 2.47. The number of aliphatic carboxylic acids is 1. The van der Waals surface area contributed by atoms with Gasteiger partial charge in [0.25, 0.3) is 0 Å². The Hall–Kier alpha value is -2.90. The number of nitrogens with zero attached hydrogens (tertiary/aromatic N) is 2. The second-order valence-corrected chi connectivity index (χ2v) is 10.6. The highest BCUT2D eigenvalue weighted by molar-refractivity contribution is 5.94. The summed E-state index contributed by atoms with van der Waals surface area (Å²) < 4.78 is 9.84. The molecule has 5 rings (SSSR count). The summed E-state index contributed by atoms with van der Waals surface area (Å²) in [6.07, 6.45) is -7.72. The molecule has 0 aromatic heterocycles. The van der Waals surface area contributed by atoms with Crippen LogP contribution in [0.4, 0.5) is 0 Å². The van der Waals surface area contributed by atoms with Crippen LogP contribution < -0.4 is 0 Å². The van der Waals surface area contributed by atoms with Gasteiger partial charge in [-0.2, -0.15) is 0 Å². The standard InChI is InChI=1S/C24H30N2O2.C6H10O7/c1-2-26-19-22(13-14-25-15-17-28-18-16-25)24(23(26)27,20-9-5-3-6-10-20)21-11-7-4-8-12-21;7-1-2(8)4(5(10)11)13-6(12)3(1)9/h3-12,22H,2,13-19H2,1H3;1-4,6-9,12H,(H,10,11)/t22-;1-,2-,3+,4-,6+/m00/s1. The fourth-order valence-corrected chi connectivity index (χ4v) is 6.01. The fraction of sp³-hybridized carbons (Fsp3) is 0.533. The van der Waals surface area contributed by atoms with Crippen molar-refractivity contribution in [1.29, 1.82) is 0 Å². The van der Waals surface area contributed by atoms with E-state index in [4.69, 9.17) is 30.3 Å². The second kappa shape index (κ2) is 13.8. The van der Waals surface area contributed by atoms with Crippen LogP contribution in [0.3, 0.4) is 0 Å². The largest absolute Gasteiger partial charge is 0.479 e. The summed E-state index contributed by atoms with van der Waals surface area (Å²) in [7, 11) is 0. The van der Waals surface area contributed by atoms with Gasteiger partial charge in [0.15, 0.2) is 12.4 Å². The van der Waals surface area contributed by atoms with Crippen LogP contribution in [0, 0.1) is 5.92 Å². The molecule has 0 spiro atoms. The van der Waals surface area contributed by atoms with E-state index in [1.807, 2.05) is 17.0 Å². The average Bonchev–Trinajstić information content (AvgIpc) is 3.30. The zero-order valence-corrected chi connectivity index (χ0v) is 23.2. The number of aliphatic hydroxyl groups excluding tert-OH is 4. The van der Waals surface area contributed by atoms with Crippen LogP contribution in [0.15, 0.2) is 60.7 Å². The minimum atomic E-state index is -1.81. The van der Waals surface area contributed by atoms with Gasteiger partial charge < -0.3 is 39.9 Å². The van der Waals surface area contributed by atoms with Gasteiger partial charge in [0.1, 0.15) is 23.7 Å². The lowest BCUT2D eigenvalue weighted by molar-refractivity contribution is -0.279. The van der Waals surface area contributed by atoms with Gasteiger partial charge in [-0.25, -0.2) is 4.79 Å². The topological polar surface area (TPSA) is 160 Å². The number of carboxylic acid groups (broad SMARTS) is 1. The molecule has 3 aliphatic heterocycles. The molecule has 0 aliphatic carbocycles. The Balaban J connectivity index is 0.000000251. The number of benzene rings is 2. The zero-order chi connectivity index (χ0) is 29.6. The summed E-state index contributed by atoms with van der Waals surface area (Å²) >= 11 is 0. The number of carbonyl (C=O) groups is 2. The Morgan fingerprint density at radius 3 is 1.98 bits per heavy atom. The Morgan fingerprint density at radius 2 is 1.46 bits per heavy atom. The van der Waals surface area contributed by atoms with Crippen LogP contribution in [0.25, 0.3) is 0 Å². The lowest BCUT2D eigenvalue weighted by atomic mass is 9.66. The first-order valence-corrected chi connectivity index (χ1v) is 14.0. The van der Waals surface area contributed by atoms with Gasteiger partial charge in [-0.3, -0.25) is 9.69 Å². The van der Waals surface area contributed by atoms with Crippen LogP contribution in [0.1, 0.15) is 24.5 Å². The molecule has 11 heteroatoms. The number of morpholine rings is 1. The molecule has 0 radical (unpaired) electrons. The van der Waals surface area contributed by atoms with Crippen molar-refractivity contribution < 1.29 is 44.6 Å². The summed E-state index contributed by atoms with van der Waals surface area (Å²) in [6, 6.07) is 20.8. The van der Waals surface area contributed by atoms with Crippen molar-refractivity contribution in [3.63, 3.8) is 0 Å². The number of likely N-dealkylation sites (N-methyl/N-ethyl adjacent to an activating group) is 1. The molecule has 0 unspecified atom stereocenters. The molecule has 0 saturated carbocycles. The number of carbonyl (C=O) groups excluding carboxylic acids is 1. The van der Waals surface area contributed by atoms with E-state index in [1.54, 1.807) is 0 Å². The molecule has 224 valence electrons. The first kappa shape index (κ1) is 31.0. The molecule has 11 nitrogen and oxygen atoms in total. The maximum absolute atomic E-state index is 13.8.